The Bertz CT molecular complexity index is 522. The smallest absolute Gasteiger partial charge is 0.150 e. The van der Waals surface area contributed by atoms with Gasteiger partial charge in [-0.15, -0.1) is 0 Å². The van der Waals surface area contributed by atoms with Crippen LogP contribution in [0.5, 0.6) is 0 Å². The van der Waals surface area contributed by atoms with Crippen molar-refractivity contribution >= 4 is 5.82 Å². The van der Waals surface area contributed by atoms with E-state index in [9.17, 15) is 0 Å². The monoisotopic (exact) mass is 234 g/mol. The summed E-state index contributed by atoms with van der Waals surface area (Å²) in [4.78, 5) is 4.43. The molecule has 0 fully saturated rings. The second kappa shape index (κ2) is 4.12. The standard InChI is InChI=1S/C11H18N6/c1-4-9-15-10(11(12)17(9)13)8-5-14-16(6-8)7(2)3/h5-7H,4,12-13H2,1-3H3. The van der Waals surface area contributed by atoms with E-state index in [-0.39, 0.29) is 0 Å². The van der Waals surface area contributed by atoms with Crippen LogP contribution >= 0.6 is 0 Å². The first-order chi connectivity index (χ1) is 8.04. The minimum Gasteiger partial charge on any atom is -0.382 e. The molecule has 0 saturated heterocycles. The van der Waals surface area contributed by atoms with Gasteiger partial charge in [0.05, 0.1) is 6.20 Å². The second-order valence-electron chi connectivity index (χ2n) is 4.29. The van der Waals surface area contributed by atoms with Crippen LogP contribution in [-0.2, 0) is 6.42 Å². The number of aryl methyl sites for hydroxylation is 1. The molecule has 4 N–H and O–H groups in total. The zero-order valence-corrected chi connectivity index (χ0v) is 10.4. The summed E-state index contributed by atoms with van der Waals surface area (Å²) < 4.78 is 3.30. The summed E-state index contributed by atoms with van der Waals surface area (Å²) in [5, 5.41) is 4.27. The number of nitrogen functional groups attached to an aromatic ring is 2. The molecule has 2 aromatic heterocycles. The van der Waals surface area contributed by atoms with Crippen LogP contribution in [0.15, 0.2) is 12.4 Å². The lowest BCUT2D eigenvalue weighted by atomic mass is 10.2. The molecule has 2 rings (SSSR count). The maximum Gasteiger partial charge on any atom is 0.150 e. The highest BCUT2D eigenvalue weighted by Gasteiger charge is 2.15. The van der Waals surface area contributed by atoms with E-state index in [4.69, 9.17) is 11.6 Å². The van der Waals surface area contributed by atoms with Gasteiger partial charge in [-0.05, 0) is 13.8 Å². The first-order valence-electron chi connectivity index (χ1n) is 5.71. The van der Waals surface area contributed by atoms with Crippen molar-refractivity contribution in [1.29, 1.82) is 0 Å². The van der Waals surface area contributed by atoms with E-state index in [1.54, 1.807) is 6.20 Å². The number of imidazole rings is 1. The zero-order valence-electron chi connectivity index (χ0n) is 10.4. The molecule has 2 heterocycles. The molecule has 0 radical (unpaired) electrons. The summed E-state index contributed by atoms with van der Waals surface area (Å²) in [7, 11) is 0. The predicted octanol–water partition coefficient (Wildman–Crippen LogP) is 1.19. The van der Waals surface area contributed by atoms with Gasteiger partial charge in [0, 0.05) is 24.2 Å². The molecule has 0 unspecified atom stereocenters. The van der Waals surface area contributed by atoms with Crippen molar-refractivity contribution < 1.29 is 0 Å². The predicted molar refractivity (Wildman–Crippen MR) is 67.8 cm³/mol. The molecule has 0 aromatic carbocycles. The number of nitrogens with two attached hydrogens (primary N) is 2. The van der Waals surface area contributed by atoms with Crippen LogP contribution in [0.2, 0.25) is 0 Å². The van der Waals surface area contributed by atoms with Crippen LogP contribution in [0, 0.1) is 0 Å². The average molecular weight is 234 g/mol. The lowest BCUT2D eigenvalue weighted by Crippen LogP contribution is -2.14. The largest absolute Gasteiger partial charge is 0.382 e. The molecule has 0 amide bonds. The van der Waals surface area contributed by atoms with Crippen molar-refractivity contribution in [3.63, 3.8) is 0 Å². The summed E-state index contributed by atoms with van der Waals surface area (Å²) in [5.41, 5.74) is 7.54. The first-order valence-corrected chi connectivity index (χ1v) is 5.71. The fraction of sp³-hybridized carbons (Fsp3) is 0.455. The third-order valence-electron chi connectivity index (χ3n) is 2.74. The summed E-state index contributed by atoms with van der Waals surface area (Å²) in [6.07, 6.45) is 4.44. The van der Waals surface area contributed by atoms with E-state index in [1.165, 1.54) is 4.68 Å². The van der Waals surface area contributed by atoms with Gasteiger partial charge in [0.2, 0.25) is 0 Å². The van der Waals surface area contributed by atoms with Crippen LogP contribution < -0.4 is 11.6 Å². The van der Waals surface area contributed by atoms with E-state index < -0.39 is 0 Å². The van der Waals surface area contributed by atoms with Gasteiger partial charge in [-0.3, -0.25) is 4.68 Å². The fourth-order valence-corrected chi connectivity index (χ4v) is 1.70. The van der Waals surface area contributed by atoms with Gasteiger partial charge < -0.3 is 11.6 Å². The maximum absolute atomic E-state index is 5.93. The number of nitrogens with zero attached hydrogens (tertiary/aromatic N) is 4. The summed E-state index contributed by atoms with van der Waals surface area (Å²) in [6, 6.07) is 0.315. The number of anilines is 1. The van der Waals surface area contributed by atoms with Crippen molar-refractivity contribution in [1.82, 2.24) is 19.4 Å². The molecule has 0 aliphatic heterocycles. The van der Waals surface area contributed by atoms with Crippen LogP contribution in [0.25, 0.3) is 11.3 Å². The van der Waals surface area contributed by atoms with Gasteiger partial charge in [0.25, 0.3) is 0 Å². The third kappa shape index (κ3) is 1.86. The highest BCUT2D eigenvalue weighted by Crippen LogP contribution is 2.25. The van der Waals surface area contributed by atoms with E-state index in [0.29, 0.717) is 17.6 Å². The normalized spacial score (nSPS) is 11.3. The Hall–Kier alpha value is -1.98. The molecule has 0 bridgehead atoms. The lowest BCUT2D eigenvalue weighted by molar-refractivity contribution is 0.532. The van der Waals surface area contributed by atoms with E-state index in [0.717, 1.165) is 17.8 Å². The Morgan fingerprint density at radius 2 is 2.12 bits per heavy atom. The second-order valence-corrected chi connectivity index (χ2v) is 4.29. The Morgan fingerprint density at radius 3 is 2.59 bits per heavy atom. The van der Waals surface area contributed by atoms with Gasteiger partial charge in [0.1, 0.15) is 11.5 Å². The maximum atomic E-state index is 5.93. The van der Waals surface area contributed by atoms with Gasteiger partial charge in [0.15, 0.2) is 5.82 Å². The first kappa shape index (κ1) is 11.5. The minimum atomic E-state index is 0.315. The average Bonchev–Trinajstić information content (AvgIpc) is 2.87. The Labute approximate surface area is 100 Å². The molecule has 92 valence electrons. The van der Waals surface area contributed by atoms with Crippen LogP contribution in [0.1, 0.15) is 32.6 Å². The Kier molecular flexibility index (Phi) is 2.79. The minimum absolute atomic E-state index is 0.315. The van der Waals surface area contributed by atoms with Crippen LogP contribution in [0.4, 0.5) is 5.82 Å². The molecule has 6 nitrogen and oxygen atoms in total. The van der Waals surface area contributed by atoms with E-state index in [2.05, 4.69) is 23.9 Å². The number of rotatable bonds is 3. The van der Waals surface area contributed by atoms with Crippen molar-refractivity contribution in [3.05, 3.63) is 18.2 Å². The highest BCUT2D eigenvalue weighted by atomic mass is 15.4. The molecule has 0 spiro atoms. The summed E-state index contributed by atoms with van der Waals surface area (Å²) >= 11 is 0. The van der Waals surface area contributed by atoms with Crippen molar-refractivity contribution in [3.8, 4) is 11.3 Å². The molecule has 0 aliphatic rings. The molecular weight excluding hydrogens is 216 g/mol. The topological polar surface area (TPSA) is 87.7 Å². The number of aromatic nitrogens is 4. The molecule has 6 heteroatoms. The number of hydrogen-bond acceptors (Lipinski definition) is 4. The van der Waals surface area contributed by atoms with Gasteiger partial charge >= 0.3 is 0 Å². The van der Waals surface area contributed by atoms with E-state index in [1.807, 2.05) is 17.8 Å². The molecule has 17 heavy (non-hydrogen) atoms. The molecule has 0 aliphatic carbocycles. The van der Waals surface area contributed by atoms with Crippen LogP contribution in [0.3, 0.4) is 0 Å². The van der Waals surface area contributed by atoms with E-state index >= 15 is 0 Å². The van der Waals surface area contributed by atoms with Gasteiger partial charge in [-0.25, -0.2) is 9.66 Å². The lowest BCUT2D eigenvalue weighted by Gasteiger charge is -2.02. The molecule has 0 saturated carbocycles. The molecular formula is C11H18N6. The number of hydrogen-bond donors (Lipinski definition) is 2. The summed E-state index contributed by atoms with van der Waals surface area (Å²) in [6.45, 7) is 6.13. The van der Waals surface area contributed by atoms with Crippen LogP contribution in [-0.4, -0.2) is 19.4 Å². The highest BCUT2D eigenvalue weighted by molar-refractivity contribution is 5.70. The van der Waals surface area contributed by atoms with Gasteiger partial charge in [-0.1, -0.05) is 6.92 Å². The Balaban J connectivity index is 2.45. The van der Waals surface area contributed by atoms with Crippen molar-refractivity contribution in [2.75, 3.05) is 11.6 Å². The molecule has 2 aromatic rings. The third-order valence-corrected chi connectivity index (χ3v) is 2.74. The quantitative estimate of drug-likeness (QED) is 0.781. The van der Waals surface area contributed by atoms with Gasteiger partial charge in [-0.2, -0.15) is 5.10 Å². The van der Waals surface area contributed by atoms with Crippen molar-refractivity contribution in [2.45, 2.75) is 33.2 Å². The summed E-state index contributed by atoms with van der Waals surface area (Å²) in [5.74, 6) is 7.07. The molecule has 0 atom stereocenters. The van der Waals surface area contributed by atoms with Crippen molar-refractivity contribution in [2.24, 2.45) is 0 Å². The SMILES string of the molecule is CCc1nc(-c2cnn(C(C)C)c2)c(N)n1N. The zero-order chi connectivity index (χ0) is 12.6. The fourth-order valence-electron chi connectivity index (χ4n) is 1.70. The Morgan fingerprint density at radius 1 is 1.41 bits per heavy atom.